The number of aromatic nitrogens is 1. The molecule has 3 aromatic rings. The molecule has 4 rings (SSSR count). The summed E-state index contributed by atoms with van der Waals surface area (Å²) in [7, 11) is 0. The quantitative estimate of drug-likeness (QED) is 0.496. The van der Waals surface area contributed by atoms with E-state index in [1.54, 1.807) is 22.8 Å². The van der Waals surface area contributed by atoms with Crippen LogP contribution in [-0.2, 0) is 6.54 Å². The Bertz CT molecular complexity index is 1000. The Kier molecular flexibility index (Phi) is 4.09. The zero-order valence-corrected chi connectivity index (χ0v) is 15.2. The molecule has 0 spiro atoms. The van der Waals surface area contributed by atoms with Gasteiger partial charge in [0.25, 0.3) is 0 Å². The van der Waals surface area contributed by atoms with Crippen molar-refractivity contribution in [1.82, 2.24) is 4.57 Å². The molecule has 1 saturated carbocycles. The van der Waals surface area contributed by atoms with Crippen molar-refractivity contribution in [2.45, 2.75) is 32.2 Å². The number of hydrogen-bond donors (Lipinski definition) is 0. The van der Waals surface area contributed by atoms with Crippen LogP contribution in [0.4, 0.5) is 4.39 Å². The Morgan fingerprint density at radius 1 is 1.24 bits per heavy atom. The van der Waals surface area contributed by atoms with Crippen molar-refractivity contribution in [3.63, 3.8) is 0 Å². The molecule has 1 fully saturated rings. The lowest BCUT2D eigenvalue weighted by Gasteiger charge is -2.13. The van der Waals surface area contributed by atoms with E-state index in [4.69, 9.17) is 23.2 Å². The lowest BCUT2D eigenvalue weighted by molar-refractivity contribution is 0.101. The smallest absolute Gasteiger partial charge is 0.161 e. The van der Waals surface area contributed by atoms with Gasteiger partial charge in [-0.15, -0.1) is 0 Å². The number of ketones is 1. The van der Waals surface area contributed by atoms with Gasteiger partial charge in [-0.05, 0) is 61.6 Å². The van der Waals surface area contributed by atoms with Gasteiger partial charge in [-0.3, -0.25) is 4.79 Å². The minimum absolute atomic E-state index is 0.125. The van der Waals surface area contributed by atoms with Gasteiger partial charge in [-0.25, -0.2) is 4.39 Å². The average molecular weight is 376 g/mol. The summed E-state index contributed by atoms with van der Waals surface area (Å²) in [6.45, 7) is 1.77. The third-order valence-electron chi connectivity index (χ3n) is 4.78. The molecule has 0 aliphatic heterocycles. The van der Waals surface area contributed by atoms with E-state index in [1.165, 1.54) is 6.92 Å². The van der Waals surface area contributed by atoms with Crippen LogP contribution in [0.25, 0.3) is 10.9 Å². The van der Waals surface area contributed by atoms with Crippen LogP contribution >= 0.6 is 23.2 Å². The van der Waals surface area contributed by atoms with Crippen LogP contribution in [0.1, 0.15) is 47.2 Å². The van der Waals surface area contributed by atoms with E-state index in [0.717, 1.165) is 23.8 Å². The Labute approximate surface area is 155 Å². The minimum Gasteiger partial charge on any atom is -0.341 e. The molecule has 0 radical (unpaired) electrons. The molecule has 1 aromatic heterocycles. The standard InChI is InChI=1S/C20H16Cl2FNO/c1-11(25)15-4-5-17(21)16(19(15)22)10-24-7-6-13-8-14(12-2-3-12)9-18(23)20(13)24/h4-9,12H,2-3,10H2,1H3. The fraction of sp³-hybridized carbons (Fsp3) is 0.250. The van der Waals surface area contributed by atoms with Crippen molar-refractivity contribution < 1.29 is 9.18 Å². The SMILES string of the molecule is CC(=O)c1ccc(Cl)c(Cn2ccc3cc(C4CC4)cc(F)c32)c1Cl. The van der Waals surface area contributed by atoms with Crippen LogP contribution in [0.2, 0.25) is 10.0 Å². The number of carbonyl (C=O) groups excluding carboxylic acids is 1. The lowest BCUT2D eigenvalue weighted by atomic mass is 10.1. The molecule has 0 saturated heterocycles. The maximum atomic E-state index is 14.7. The number of benzene rings is 2. The highest BCUT2D eigenvalue weighted by molar-refractivity contribution is 6.38. The summed E-state index contributed by atoms with van der Waals surface area (Å²) in [5, 5.41) is 1.67. The molecule has 0 atom stereocenters. The number of Topliss-reactive ketones (excluding diaryl/α,β-unsaturated/α-hetero) is 1. The number of carbonyl (C=O) groups is 1. The van der Waals surface area contributed by atoms with E-state index in [9.17, 15) is 9.18 Å². The molecular formula is C20H16Cl2FNO. The fourth-order valence-corrected chi connectivity index (χ4v) is 3.91. The molecular weight excluding hydrogens is 360 g/mol. The molecule has 2 aromatic carbocycles. The van der Waals surface area contributed by atoms with E-state index in [-0.39, 0.29) is 11.6 Å². The summed E-state index contributed by atoms with van der Waals surface area (Å²) >= 11 is 12.7. The Hall–Kier alpha value is -1.84. The van der Waals surface area contributed by atoms with Gasteiger partial charge < -0.3 is 4.57 Å². The first kappa shape index (κ1) is 16.6. The second kappa shape index (κ2) is 6.15. The molecule has 0 unspecified atom stereocenters. The van der Waals surface area contributed by atoms with Gasteiger partial charge in [-0.2, -0.15) is 0 Å². The van der Waals surface area contributed by atoms with E-state index >= 15 is 0 Å². The predicted molar refractivity (Wildman–Crippen MR) is 99.4 cm³/mol. The van der Waals surface area contributed by atoms with E-state index in [1.807, 2.05) is 12.3 Å². The lowest BCUT2D eigenvalue weighted by Crippen LogP contribution is -2.04. The van der Waals surface area contributed by atoms with E-state index < -0.39 is 0 Å². The zero-order chi connectivity index (χ0) is 17.7. The molecule has 1 heterocycles. The van der Waals surface area contributed by atoms with Crippen LogP contribution in [0.3, 0.4) is 0 Å². The normalized spacial score (nSPS) is 14.2. The van der Waals surface area contributed by atoms with Crippen LogP contribution in [0.5, 0.6) is 0 Å². The average Bonchev–Trinajstić information content (AvgIpc) is 3.32. The van der Waals surface area contributed by atoms with Crippen molar-refractivity contribution >= 4 is 39.9 Å². The third kappa shape index (κ3) is 2.96. The van der Waals surface area contributed by atoms with Crippen molar-refractivity contribution in [2.24, 2.45) is 0 Å². The summed E-state index contributed by atoms with van der Waals surface area (Å²) in [4.78, 5) is 11.7. The monoisotopic (exact) mass is 375 g/mol. The van der Waals surface area contributed by atoms with Crippen LogP contribution in [0.15, 0.2) is 36.5 Å². The molecule has 0 N–H and O–H groups in total. The zero-order valence-electron chi connectivity index (χ0n) is 13.7. The number of hydrogen-bond acceptors (Lipinski definition) is 1. The summed E-state index contributed by atoms with van der Waals surface area (Å²) in [6.07, 6.45) is 4.10. The van der Waals surface area contributed by atoms with Crippen molar-refractivity contribution in [2.75, 3.05) is 0 Å². The first-order chi connectivity index (χ1) is 12.0. The number of halogens is 3. The van der Waals surface area contributed by atoms with Crippen molar-refractivity contribution in [3.8, 4) is 0 Å². The first-order valence-electron chi connectivity index (χ1n) is 8.22. The molecule has 0 bridgehead atoms. The molecule has 0 amide bonds. The van der Waals surface area contributed by atoms with Gasteiger partial charge in [-0.1, -0.05) is 23.2 Å². The van der Waals surface area contributed by atoms with Gasteiger partial charge in [0.15, 0.2) is 5.78 Å². The topological polar surface area (TPSA) is 22.0 Å². The number of fused-ring (bicyclic) bond motifs is 1. The minimum atomic E-state index is -0.237. The van der Waals surface area contributed by atoms with Crippen LogP contribution in [-0.4, -0.2) is 10.4 Å². The largest absolute Gasteiger partial charge is 0.341 e. The van der Waals surface area contributed by atoms with Crippen molar-refractivity contribution in [3.05, 3.63) is 69.1 Å². The van der Waals surface area contributed by atoms with Gasteiger partial charge in [0.1, 0.15) is 5.82 Å². The van der Waals surface area contributed by atoms with E-state index in [2.05, 4.69) is 6.07 Å². The Morgan fingerprint density at radius 2 is 2.00 bits per heavy atom. The molecule has 128 valence electrons. The summed E-state index contributed by atoms with van der Waals surface area (Å²) in [5.41, 5.74) is 2.65. The molecule has 2 nitrogen and oxygen atoms in total. The molecule has 5 heteroatoms. The van der Waals surface area contributed by atoms with Gasteiger partial charge in [0, 0.05) is 27.7 Å². The highest BCUT2D eigenvalue weighted by Crippen LogP contribution is 2.41. The maximum Gasteiger partial charge on any atom is 0.161 e. The summed E-state index contributed by atoms with van der Waals surface area (Å²) < 4.78 is 16.5. The Balaban J connectivity index is 1.79. The first-order valence-corrected chi connectivity index (χ1v) is 8.97. The Morgan fingerprint density at radius 3 is 2.68 bits per heavy atom. The molecule has 25 heavy (non-hydrogen) atoms. The highest BCUT2D eigenvalue weighted by Gasteiger charge is 2.25. The third-order valence-corrected chi connectivity index (χ3v) is 5.56. The summed E-state index contributed by atoms with van der Waals surface area (Å²) in [5.74, 6) is 0.137. The van der Waals surface area contributed by atoms with Crippen molar-refractivity contribution in [1.29, 1.82) is 0 Å². The fourth-order valence-electron chi connectivity index (χ4n) is 3.29. The van der Waals surface area contributed by atoms with Gasteiger partial charge in [0.05, 0.1) is 17.1 Å². The maximum absolute atomic E-state index is 14.7. The van der Waals surface area contributed by atoms with Crippen LogP contribution in [0, 0.1) is 5.82 Å². The second-order valence-electron chi connectivity index (χ2n) is 6.60. The highest BCUT2D eigenvalue weighted by atomic mass is 35.5. The van der Waals surface area contributed by atoms with Gasteiger partial charge in [0.2, 0.25) is 0 Å². The molecule has 1 aliphatic rings. The predicted octanol–water partition coefficient (Wildman–Crippen LogP) is 6.22. The number of rotatable bonds is 4. The van der Waals surface area contributed by atoms with Gasteiger partial charge >= 0.3 is 0 Å². The van der Waals surface area contributed by atoms with E-state index in [0.29, 0.717) is 39.2 Å². The molecule has 1 aliphatic carbocycles. The second-order valence-corrected chi connectivity index (χ2v) is 7.39. The summed E-state index contributed by atoms with van der Waals surface area (Å²) in [6, 6.07) is 8.87. The van der Waals surface area contributed by atoms with Crippen LogP contribution < -0.4 is 0 Å². The number of nitrogens with zero attached hydrogens (tertiary/aromatic N) is 1.